The zero-order chi connectivity index (χ0) is 14.9. The fourth-order valence-corrected chi connectivity index (χ4v) is 2.58. The van der Waals surface area contributed by atoms with Crippen LogP contribution >= 0.6 is 22.9 Å². The fourth-order valence-electron chi connectivity index (χ4n) is 1.54. The van der Waals surface area contributed by atoms with Crippen molar-refractivity contribution in [1.29, 1.82) is 0 Å². The first-order valence-electron chi connectivity index (χ1n) is 5.30. The SMILES string of the molecule is Nc1ccc(NC(=O)c2sccc2Cl)c(C(F)(F)F)c1. The lowest BCUT2D eigenvalue weighted by Crippen LogP contribution is -2.16. The van der Waals surface area contributed by atoms with E-state index < -0.39 is 17.6 Å². The molecule has 1 aromatic carbocycles. The third-order valence-electron chi connectivity index (χ3n) is 2.42. The van der Waals surface area contributed by atoms with Crippen LogP contribution in [0.15, 0.2) is 29.6 Å². The van der Waals surface area contributed by atoms with Gasteiger partial charge in [0.2, 0.25) is 0 Å². The van der Waals surface area contributed by atoms with E-state index in [4.69, 9.17) is 17.3 Å². The lowest BCUT2D eigenvalue weighted by Gasteiger charge is -2.14. The highest BCUT2D eigenvalue weighted by molar-refractivity contribution is 7.12. The zero-order valence-corrected chi connectivity index (χ0v) is 11.4. The van der Waals surface area contributed by atoms with Crippen LogP contribution in [0.4, 0.5) is 24.5 Å². The third kappa shape index (κ3) is 3.05. The van der Waals surface area contributed by atoms with Crippen molar-refractivity contribution in [2.24, 2.45) is 0 Å². The van der Waals surface area contributed by atoms with E-state index in [0.717, 1.165) is 23.5 Å². The van der Waals surface area contributed by atoms with Crippen molar-refractivity contribution in [2.45, 2.75) is 6.18 Å². The molecule has 1 aromatic heterocycles. The number of thiophene rings is 1. The summed E-state index contributed by atoms with van der Waals surface area (Å²) in [5.74, 6) is -0.694. The minimum absolute atomic E-state index is 0.0375. The molecular weight excluding hydrogens is 313 g/mol. The van der Waals surface area contributed by atoms with Crippen LogP contribution in [0.1, 0.15) is 15.2 Å². The largest absolute Gasteiger partial charge is 0.418 e. The smallest absolute Gasteiger partial charge is 0.399 e. The summed E-state index contributed by atoms with van der Waals surface area (Å²) in [6.07, 6.45) is -4.61. The van der Waals surface area contributed by atoms with Gasteiger partial charge in [-0.3, -0.25) is 4.79 Å². The normalized spacial score (nSPS) is 11.4. The third-order valence-corrected chi connectivity index (χ3v) is 3.76. The minimum atomic E-state index is -4.61. The minimum Gasteiger partial charge on any atom is -0.399 e. The van der Waals surface area contributed by atoms with Crippen LogP contribution in [-0.2, 0) is 6.18 Å². The number of nitrogens with one attached hydrogen (secondary N) is 1. The van der Waals surface area contributed by atoms with Crippen LogP contribution in [0.3, 0.4) is 0 Å². The summed E-state index contributed by atoms with van der Waals surface area (Å²) in [7, 11) is 0. The standard InChI is InChI=1S/C12H8ClF3N2OS/c13-8-3-4-20-10(8)11(19)18-9-2-1-6(17)5-7(9)12(14,15)16/h1-5H,17H2,(H,18,19). The molecule has 0 fully saturated rings. The molecule has 0 radical (unpaired) electrons. The van der Waals surface area contributed by atoms with E-state index in [1.807, 2.05) is 0 Å². The van der Waals surface area contributed by atoms with Gasteiger partial charge in [0, 0.05) is 5.69 Å². The summed E-state index contributed by atoms with van der Waals surface area (Å²) in [5.41, 5.74) is 3.94. The van der Waals surface area contributed by atoms with Crippen molar-refractivity contribution in [3.05, 3.63) is 45.1 Å². The Morgan fingerprint density at radius 2 is 2.00 bits per heavy atom. The molecule has 0 spiro atoms. The van der Waals surface area contributed by atoms with Gasteiger partial charge in [-0.25, -0.2) is 0 Å². The van der Waals surface area contributed by atoms with E-state index in [1.54, 1.807) is 5.38 Å². The molecule has 0 aliphatic heterocycles. The summed E-state index contributed by atoms with van der Waals surface area (Å²) in [6.45, 7) is 0. The number of carbonyl (C=O) groups excluding carboxylic acids is 1. The van der Waals surface area contributed by atoms with Crippen molar-refractivity contribution in [3.8, 4) is 0 Å². The number of carbonyl (C=O) groups is 1. The second kappa shape index (κ2) is 5.34. The Kier molecular flexibility index (Phi) is 3.92. The highest BCUT2D eigenvalue weighted by atomic mass is 35.5. The number of anilines is 2. The quantitative estimate of drug-likeness (QED) is 0.812. The summed E-state index contributed by atoms with van der Waals surface area (Å²) in [4.78, 5) is 12.0. The molecule has 20 heavy (non-hydrogen) atoms. The highest BCUT2D eigenvalue weighted by Gasteiger charge is 2.34. The number of hydrogen-bond acceptors (Lipinski definition) is 3. The van der Waals surface area contributed by atoms with Gasteiger partial charge in [0.1, 0.15) is 4.88 Å². The van der Waals surface area contributed by atoms with Crippen molar-refractivity contribution < 1.29 is 18.0 Å². The predicted octanol–water partition coefficient (Wildman–Crippen LogP) is 4.25. The van der Waals surface area contributed by atoms with Crippen LogP contribution in [0, 0.1) is 0 Å². The Morgan fingerprint density at radius 1 is 1.30 bits per heavy atom. The van der Waals surface area contributed by atoms with Gasteiger partial charge in [0.15, 0.2) is 0 Å². The fraction of sp³-hybridized carbons (Fsp3) is 0.0833. The number of alkyl halides is 3. The molecule has 3 N–H and O–H groups in total. The van der Waals surface area contributed by atoms with Gasteiger partial charge in [0.05, 0.1) is 16.3 Å². The molecule has 0 bridgehead atoms. The number of hydrogen-bond donors (Lipinski definition) is 2. The number of benzene rings is 1. The van der Waals surface area contributed by atoms with Crippen molar-refractivity contribution in [3.63, 3.8) is 0 Å². The van der Waals surface area contributed by atoms with E-state index >= 15 is 0 Å². The topological polar surface area (TPSA) is 55.1 Å². The number of nitrogens with two attached hydrogens (primary N) is 1. The molecular formula is C12H8ClF3N2OS. The van der Waals surface area contributed by atoms with Gasteiger partial charge < -0.3 is 11.1 Å². The van der Waals surface area contributed by atoms with Crippen LogP contribution < -0.4 is 11.1 Å². The molecule has 106 valence electrons. The number of rotatable bonds is 2. The van der Waals surface area contributed by atoms with Gasteiger partial charge >= 0.3 is 6.18 Å². The number of halogens is 4. The van der Waals surface area contributed by atoms with Gasteiger partial charge in [-0.15, -0.1) is 11.3 Å². The first kappa shape index (κ1) is 14.7. The monoisotopic (exact) mass is 320 g/mol. The van der Waals surface area contributed by atoms with Crippen LogP contribution in [0.25, 0.3) is 0 Å². The molecule has 3 nitrogen and oxygen atoms in total. The van der Waals surface area contributed by atoms with E-state index in [2.05, 4.69) is 5.32 Å². The van der Waals surface area contributed by atoms with Gasteiger partial charge in [-0.1, -0.05) is 11.6 Å². The molecule has 2 aromatic rings. The van der Waals surface area contributed by atoms with Crippen LogP contribution in [0.5, 0.6) is 0 Å². The van der Waals surface area contributed by atoms with E-state index in [-0.39, 0.29) is 21.3 Å². The van der Waals surface area contributed by atoms with Gasteiger partial charge in [0.25, 0.3) is 5.91 Å². The maximum atomic E-state index is 12.9. The average Bonchev–Trinajstić information content (AvgIpc) is 2.76. The second-order valence-corrected chi connectivity index (χ2v) is 5.18. The van der Waals surface area contributed by atoms with Crippen molar-refractivity contribution in [1.82, 2.24) is 0 Å². The number of nitrogen functional groups attached to an aromatic ring is 1. The van der Waals surface area contributed by atoms with Crippen molar-refractivity contribution in [2.75, 3.05) is 11.1 Å². The molecule has 0 atom stereocenters. The summed E-state index contributed by atoms with van der Waals surface area (Å²) < 4.78 is 38.6. The van der Waals surface area contributed by atoms with Crippen molar-refractivity contribution >= 4 is 40.2 Å². The second-order valence-electron chi connectivity index (χ2n) is 3.85. The number of amides is 1. The molecule has 0 saturated carbocycles. The lowest BCUT2D eigenvalue weighted by molar-refractivity contribution is -0.136. The highest BCUT2D eigenvalue weighted by Crippen LogP contribution is 2.36. The molecule has 1 heterocycles. The van der Waals surface area contributed by atoms with Gasteiger partial charge in [-0.05, 0) is 29.6 Å². The Hall–Kier alpha value is -1.73. The zero-order valence-electron chi connectivity index (χ0n) is 9.79. The first-order valence-corrected chi connectivity index (χ1v) is 6.56. The maximum absolute atomic E-state index is 12.9. The lowest BCUT2D eigenvalue weighted by atomic mass is 10.1. The molecule has 0 aliphatic rings. The summed E-state index contributed by atoms with van der Waals surface area (Å²) in [6, 6.07) is 4.65. The molecule has 0 unspecified atom stereocenters. The molecule has 0 saturated heterocycles. The predicted molar refractivity (Wildman–Crippen MR) is 73.1 cm³/mol. The van der Waals surface area contributed by atoms with Crippen LogP contribution in [0.2, 0.25) is 5.02 Å². The van der Waals surface area contributed by atoms with Crippen LogP contribution in [-0.4, -0.2) is 5.91 Å². The summed E-state index contributed by atoms with van der Waals surface area (Å²) in [5, 5.41) is 3.96. The Bertz CT molecular complexity index is 654. The molecule has 2 rings (SSSR count). The molecule has 1 amide bonds. The Morgan fingerprint density at radius 3 is 2.55 bits per heavy atom. The molecule has 8 heteroatoms. The summed E-state index contributed by atoms with van der Waals surface area (Å²) >= 11 is 6.81. The Labute approximate surface area is 121 Å². The first-order chi connectivity index (χ1) is 9.29. The average molecular weight is 321 g/mol. The molecule has 0 aliphatic carbocycles. The van der Waals surface area contributed by atoms with E-state index in [1.165, 1.54) is 12.1 Å². The van der Waals surface area contributed by atoms with E-state index in [0.29, 0.717) is 0 Å². The van der Waals surface area contributed by atoms with E-state index in [9.17, 15) is 18.0 Å². The Balaban J connectivity index is 2.35. The maximum Gasteiger partial charge on any atom is 0.418 e. The van der Waals surface area contributed by atoms with Gasteiger partial charge in [-0.2, -0.15) is 13.2 Å².